The molecule has 0 aromatic rings. The molecule has 25 heavy (non-hydrogen) atoms. The van der Waals surface area contributed by atoms with Gasteiger partial charge in [-0.25, -0.2) is 0 Å². The maximum atomic E-state index is 2.96. The number of hydrogen-bond acceptors (Lipinski definition) is 0. The molecule has 0 atom stereocenters. The molecule has 0 saturated carbocycles. The van der Waals surface area contributed by atoms with Crippen molar-refractivity contribution in [1.29, 1.82) is 0 Å². The summed E-state index contributed by atoms with van der Waals surface area (Å²) in [4.78, 5) is 0. The van der Waals surface area contributed by atoms with E-state index in [0.717, 1.165) is 0 Å². The van der Waals surface area contributed by atoms with Gasteiger partial charge in [0.25, 0.3) is 0 Å². The molecule has 0 aromatic heterocycles. The maximum Gasteiger partial charge on any atom is -0.0144 e. The molecule has 0 rings (SSSR count). The molecule has 0 aromatic carbocycles. The predicted molar refractivity (Wildman–Crippen MR) is 132 cm³/mol. The van der Waals surface area contributed by atoms with Gasteiger partial charge in [-0.05, 0) is 57.7 Å². The molecule has 0 amide bonds. The fourth-order valence-electron chi connectivity index (χ4n) is 3.55. The topological polar surface area (TPSA) is 0 Å². The summed E-state index contributed by atoms with van der Waals surface area (Å²) in [6, 6.07) is 0. The Morgan fingerprint density at radius 1 is 0.400 bits per heavy atom. The van der Waals surface area contributed by atoms with E-state index in [1.54, 1.807) is 17.3 Å². The Morgan fingerprint density at radius 2 is 0.640 bits per heavy atom. The third kappa shape index (κ3) is 18.2. The lowest BCUT2D eigenvalue weighted by molar-refractivity contribution is 0.622. The quantitative estimate of drug-likeness (QED) is 0.119. The lowest BCUT2D eigenvalue weighted by Gasteiger charge is -2.34. The third-order valence-corrected chi connectivity index (χ3v) is 12.4. The highest BCUT2D eigenvalue weighted by Crippen LogP contribution is 2.58. The summed E-state index contributed by atoms with van der Waals surface area (Å²) >= 11 is 2.96. The molecule has 0 spiro atoms. The highest BCUT2D eigenvalue weighted by molar-refractivity contribution is 14.2. The molecule has 0 aliphatic rings. The highest BCUT2D eigenvalue weighted by Gasteiger charge is 2.19. The normalized spacial score (nSPS) is 12.6. The van der Waals surface area contributed by atoms with Gasteiger partial charge in [-0.3, -0.25) is 0 Å². The summed E-state index contributed by atoms with van der Waals surface area (Å²) in [5, 5.41) is 0. The van der Waals surface area contributed by atoms with Gasteiger partial charge in [-0.15, -0.1) is 0 Å². The molecular formula is C23H49IS. The predicted octanol–water partition coefficient (Wildman–Crippen LogP) is 9.83. The van der Waals surface area contributed by atoms with Crippen molar-refractivity contribution in [2.75, 3.05) is 17.3 Å². The maximum absolute atomic E-state index is 2.96. The van der Waals surface area contributed by atoms with Gasteiger partial charge in [0.2, 0.25) is 0 Å². The van der Waals surface area contributed by atoms with Crippen molar-refractivity contribution in [3.63, 3.8) is 0 Å². The summed E-state index contributed by atoms with van der Waals surface area (Å²) in [6.45, 7) is 6.96. The fraction of sp³-hybridized carbons (Fsp3) is 1.00. The highest BCUT2D eigenvalue weighted by atomic mass is 127. The smallest absolute Gasteiger partial charge is 0.0144 e. The average Bonchev–Trinajstić information content (AvgIpc) is 2.61. The lowest BCUT2D eigenvalue weighted by Crippen LogP contribution is -2.08. The van der Waals surface area contributed by atoms with Crippen molar-refractivity contribution >= 4 is 28.4 Å². The van der Waals surface area contributed by atoms with Crippen LogP contribution >= 0.6 is 28.4 Å². The standard InChI is InChI=1S/C23H49IS/c1-4-7-10-13-16-19-22-25(24,21-18-15-12-9-6-3)23-20-17-14-11-8-5-2/h4-23H2,1-3H3. The van der Waals surface area contributed by atoms with Gasteiger partial charge in [0, 0.05) is 0 Å². The first-order chi connectivity index (χ1) is 12.2. The van der Waals surface area contributed by atoms with Crippen molar-refractivity contribution in [1.82, 2.24) is 0 Å². The SMILES string of the molecule is CCCCCCCCS(I)(CCCCCCC)CCCCCCCC. The fourth-order valence-corrected chi connectivity index (χ4v) is 9.13. The molecule has 0 radical (unpaired) electrons. The van der Waals surface area contributed by atoms with Crippen LogP contribution in [0.15, 0.2) is 0 Å². The molecule has 0 aliphatic heterocycles. The van der Waals surface area contributed by atoms with E-state index in [1.807, 2.05) is 0 Å². The van der Waals surface area contributed by atoms with Gasteiger partial charge in [-0.1, -0.05) is 111 Å². The zero-order valence-corrected chi connectivity index (χ0v) is 20.9. The molecule has 0 nitrogen and oxygen atoms in total. The lowest BCUT2D eigenvalue weighted by atomic mass is 10.1. The Labute approximate surface area is 175 Å². The van der Waals surface area contributed by atoms with Crippen molar-refractivity contribution in [3.8, 4) is 0 Å². The average molecular weight is 485 g/mol. The molecule has 0 unspecified atom stereocenters. The Kier molecular flexibility index (Phi) is 20.7. The van der Waals surface area contributed by atoms with Crippen LogP contribution in [0.5, 0.6) is 0 Å². The first kappa shape index (κ1) is 26.1. The first-order valence-electron chi connectivity index (χ1n) is 11.6. The number of halogens is 1. The Hall–Kier alpha value is 1.08. The van der Waals surface area contributed by atoms with Crippen LogP contribution in [-0.2, 0) is 0 Å². The van der Waals surface area contributed by atoms with Crippen molar-refractivity contribution in [2.24, 2.45) is 0 Å². The van der Waals surface area contributed by atoms with E-state index in [9.17, 15) is 0 Å². The van der Waals surface area contributed by atoms with Crippen LogP contribution in [0.25, 0.3) is 0 Å². The summed E-state index contributed by atoms with van der Waals surface area (Å²) < 4.78 is 0. The van der Waals surface area contributed by atoms with Crippen LogP contribution in [0.1, 0.15) is 130 Å². The second-order valence-corrected chi connectivity index (χ2v) is 16.7. The van der Waals surface area contributed by atoms with Crippen LogP contribution < -0.4 is 0 Å². The molecule has 154 valence electrons. The van der Waals surface area contributed by atoms with Crippen LogP contribution in [-0.4, -0.2) is 17.3 Å². The summed E-state index contributed by atoms with van der Waals surface area (Å²) in [5.41, 5.74) is 0. The second kappa shape index (κ2) is 19.8. The summed E-state index contributed by atoms with van der Waals surface area (Å²) in [5.74, 6) is 4.67. The third-order valence-electron chi connectivity index (χ3n) is 5.34. The van der Waals surface area contributed by atoms with E-state index in [1.165, 1.54) is 109 Å². The van der Waals surface area contributed by atoms with Gasteiger partial charge in [0.1, 0.15) is 0 Å². The van der Waals surface area contributed by atoms with Crippen LogP contribution in [0, 0.1) is 0 Å². The molecule has 0 heterocycles. The minimum atomic E-state index is -0.342. The minimum Gasteiger partial charge on any atom is -0.187 e. The zero-order valence-electron chi connectivity index (χ0n) is 17.9. The van der Waals surface area contributed by atoms with E-state index in [2.05, 4.69) is 42.0 Å². The van der Waals surface area contributed by atoms with Crippen molar-refractivity contribution in [3.05, 3.63) is 0 Å². The van der Waals surface area contributed by atoms with Crippen molar-refractivity contribution < 1.29 is 0 Å². The van der Waals surface area contributed by atoms with Gasteiger partial charge in [-0.2, -0.15) is 7.20 Å². The molecule has 0 aliphatic carbocycles. The summed E-state index contributed by atoms with van der Waals surface area (Å²) in [6.07, 6.45) is 24.8. The van der Waals surface area contributed by atoms with Crippen LogP contribution in [0.2, 0.25) is 0 Å². The van der Waals surface area contributed by atoms with Gasteiger partial charge >= 0.3 is 0 Å². The summed E-state index contributed by atoms with van der Waals surface area (Å²) in [7, 11) is -0.342. The molecule has 0 fully saturated rings. The molecule has 0 saturated heterocycles. The van der Waals surface area contributed by atoms with Gasteiger partial charge < -0.3 is 0 Å². The second-order valence-electron chi connectivity index (χ2n) is 8.00. The molecule has 0 bridgehead atoms. The van der Waals surface area contributed by atoms with Crippen LogP contribution in [0.3, 0.4) is 0 Å². The Balaban J connectivity index is 4.01. The van der Waals surface area contributed by atoms with E-state index in [-0.39, 0.29) is 7.20 Å². The van der Waals surface area contributed by atoms with Crippen LogP contribution in [0.4, 0.5) is 0 Å². The number of rotatable bonds is 20. The van der Waals surface area contributed by atoms with Crippen molar-refractivity contribution in [2.45, 2.75) is 130 Å². The Bertz CT molecular complexity index is 238. The van der Waals surface area contributed by atoms with E-state index in [0.29, 0.717) is 0 Å². The molecule has 2 heteroatoms. The van der Waals surface area contributed by atoms with Gasteiger partial charge in [0.15, 0.2) is 0 Å². The van der Waals surface area contributed by atoms with E-state index in [4.69, 9.17) is 0 Å². The first-order valence-corrected chi connectivity index (χ1v) is 16.3. The molecular weight excluding hydrogens is 435 g/mol. The van der Waals surface area contributed by atoms with E-state index < -0.39 is 0 Å². The van der Waals surface area contributed by atoms with E-state index >= 15 is 0 Å². The Morgan fingerprint density at radius 3 is 0.920 bits per heavy atom. The molecule has 0 N–H and O–H groups in total. The number of unbranched alkanes of at least 4 members (excludes halogenated alkanes) is 14. The monoisotopic (exact) mass is 484 g/mol. The minimum absolute atomic E-state index is 0.342. The largest absolute Gasteiger partial charge is 0.187 e. The number of hydrogen-bond donors (Lipinski definition) is 0. The zero-order chi connectivity index (χ0) is 18.6. The van der Waals surface area contributed by atoms with Gasteiger partial charge in [0.05, 0.1) is 0 Å².